The van der Waals surface area contributed by atoms with Crippen molar-refractivity contribution in [3.63, 3.8) is 0 Å². The van der Waals surface area contributed by atoms with Crippen molar-refractivity contribution >= 4 is 27.5 Å². The Labute approximate surface area is 154 Å². The largest absolute Gasteiger partial charge is 0.344 e. The normalized spacial score (nSPS) is 12.8. The van der Waals surface area contributed by atoms with Gasteiger partial charge in [0.25, 0.3) is 0 Å². The average Bonchev–Trinajstić information content (AvgIpc) is 3.06. The van der Waals surface area contributed by atoms with E-state index in [9.17, 15) is 4.79 Å². The Kier molecular flexibility index (Phi) is 4.12. The Morgan fingerprint density at radius 1 is 0.769 bits per heavy atom. The molecule has 0 saturated heterocycles. The predicted molar refractivity (Wildman–Crippen MR) is 109 cm³/mol. The van der Waals surface area contributed by atoms with Crippen LogP contribution in [0.15, 0.2) is 72.9 Å². The molecule has 2 nitrogen and oxygen atoms in total. The van der Waals surface area contributed by atoms with Gasteiger partial charge < -0.3 is 4.57 Å². The molecule has 1 heterocycles. The lowest BCUT2D eigenvalue weighted by Gasteiger charge is -2.18. The second-order valence-electron chi connectivity index (χ2n) is 7.31. The summed E-state index contributed by atoms with van der Waals surface area (Å²) in [5, 5.41) is 3.13. The van der Waals surface area contributed by atoms with Crippen LogP contribution in [-0.2, 0) is 0 Å². The van der Waals surface area contributed by atoms with Crippen molar-refractivity contribution in [3.8, 4) is 0 Å². The van der Waals surface area contributed by atoms with Crippen LogP contribution in [0.2, 0.25) is 0 Å². The van der Waals surface area contributed by atoms with Gasteiger partial charge >= 0.3 is 0 Å². The minimum absolute atomic E-state index is 0.0905. The number of para-hydroxylation sites is 1. The molecule has 2 heteroatoms. The fourth-order valence-electron chi connectivity index (χ4n) is 3.61. The minimum Gasteiger partial charge on any atom is -0.344 e. The molecule has 26 heavy (non-hydrogen) atoms. The molecule has 0 aliphatic rings. The Balaban J connectivity index is 1.93. The average molecular weight is 341 g/mol. The van der Waals surface area contributed by atoms with Crippen LogP contribution in [-0.4, -0.2) is 10.4 Å². The Morgan fingerprint density at radius 3 is 2.19 bits per heavy atom. The summed E-state index contributed by atoms with van der Waals surface area (Å²) < 4.78 is 2.25. The molecule has 1 unspecified atom stereocenters. The fraction of sp³-hybridized carbons (Fsp3) is 0.208. The lowest BCUT2D eigenvalue weighted by molar-refractivity contribution is 0.104. The van der Waals surface area contributed by atoms with E-state index in [0.29, 0.717) is 12.0 Å². The first kappa shape index (κ1) is 16.6. The molecule has 130 valence electrons. The summed E-state index contributed by atoms with van der Waals surface area (Å²) in [6.07, 6.45) is 2.04. The molecule has 1 atom stereocenters. The van der Waals surface area contributed by atoms with Crippen molar-refractivity contribution in [2.75, 3.05) is 0 Å². The Bertz CT molecular complexity index is 1100. The van der Waals surface area contributed by atoms with Crippen molar-refractivity contribution in [3.05, 3.63) is 84.1 Å². The third kappa shape index (κ3) is 2.62. The van der Waals surface area contributed by atoms with Crippen LogP contribution in [0.5, 0.6) is 0 Å². The number of rotatable bonds is 4. The minimum atomic E-state index is 0.0905. The van der Waals surface area contributed by atoms with Crippen molar-refractivity contribution in [1.29, 1.82) is 0 Å². The summed E-state index contributed by atoms with van der Waals surface area (Å²) >= 11 is 0. The molecule has 1 aromatic heterocycles. The molecule has 0 saturated carbocycles. The quantitative estimate of drug-likeness (QED) is 0.403. The first-order chi connectivity index (χ1) is 12.6. The van der Waals surface area contributed by atoms with E-state index in [1.165, 1.54) is 0 Å². The zero-order chi connectivity index (χ0) is 18.3. The van der Waals surface area contributed by atoms with Gasteiger partial charge in [-0.3, -0.25) is 4.79 Å². The molecule has 0 aliphatic heterocycles. The number of hydrogen-bond donors (Lipinski definition) is 0. The number of carbonyl (C=O) groups is 1. The highest BCUT2D eigenvalue weighted by atomic mass is 16.1. The van der Waals surface area contributed by atoms with Crippen molar-refractivity contribution in [1.82, 2.24) is 4.57 Å². The number of benzene rings is 3. The second-order valence-corrected chi connectivity index (χ2v) is 7.31. The van der Waals surface area contributed by atoms with Crippen LogP contribution in [0.3, 0.4) is 0 Å². The fourth-order valence-corrected chi connectivity index (χ4v) is 3.61. The van der Waals surface area contributed by atoms with E-state index in [2.05, 4.69) is 49.6 Å². The number of carbonyl (C=O) groups excluding carboxylic acids is 1. The van der Waals surface area contributed by atoms with Gasteiger partial charge in [0.1, 0.15) is 0 Å². The van der Waals surface area contributed by atoms with E-state index in [0.717, 1.165) is 32.8 Å². The van der Waals surface area contributed by atoms with E-state index in [-0.39, 0.29) is 5.78 Å². The standard InChI is InChI=1S/C24H23NO/c1-16(2)17(3)25-15-22(20-12-6-7-14-23(20)25)24(26)21-13-8-10-18-9-4-5-11-19(18)21/h4-17H,1-3H3. The van der Waals surface area contributed by atoms with Gasteiger partial charge in [-0.25, -0.2) is 0 Å². The van der Waals surface area contributed by atoms with E-state index >= 15 is 0 Å². The van der Waals surface area contributed by atoms with Crippen LogP contribution < -0.4 is 0 Å². The second kappa shape index (κ2) is 6.45. The lowest BCUT2D eigenvalue weighted by Crippen LogP contribution is -2.10. The van der Waals surface area contributed by atoms with Crippen molar-refractivity contribution in [2.24, 2.45) is 5.92 Å². The molecule has 0 spiro atoms. The topological polar surface area (TPSA) is 22.0 Å². The molecule has 0 radical (unpaired) electrons. The molecule has 0 aliphatic carbocycles. The molecule has 0 bridgehead atoms. The number of fused-ring (bicyclic) bond motifs is 2. The molecule has 0 fully saturated rings. The predicted octanol–water partition coefficient (Wildman–Crippen LogP) is 6.24. The molecule has 4 aromatic rings. The van der Waals surface area contributed by atoms with Crippen LogP contribution in [0.4, 0.5) is 0 Å². The summed E-state index contributed by atoms with van der Waals surface area (Å²) in [4.78, 5) is 13.5. The van der Waals surface area contributed by atoms with Gasteiger partial charge in [0.05, 0.1) is 0 Å². The molecule has 4 rings (SSSR count). The number of nitrogens with zero attached hydrogens (tertiary/aromatic N) is 1. The lowest BCUT2D eigenvalue weighted by atomic mass is 9.97. The third-order valence-electron chi connectivity index (χ3n) is 5.42. The van der Waals surface area contributed by atoms with E-state index in [1.54, 1.807) is 0 Å². The third-order valence-corrected chi connectivity index (χ3v) is 5.42. The zero-order valence-corrected chi connectivity index (χ0v) is 15.4. The van der Waals surface area contributed by atoms with Crippen LogP contribution in [0.1, 0.15) is 42.7 Å². The maximum atomic E-state index is 13.5. The Morgan fingerprint density at radius 2 is 1.42 bits per heavy atom. The number of hydrogen-bond acceptors (Lipinski definition) is 1. The van der Waals surface area contributed by atoms with Gasteiger partial charge in [-0.1, -0.05) is 74.5 Å². The van der Waals surface area contributed by atoms with Gasteiger partial charge in [-0.15, -0.1) is 0 Å². The summed E-state index contributed by atoms with van der Waals surface area (Å²) in [5.41, 5.74) is 2.67. The highest BCUT2D eigenvalue weighted by Crippen LogP contribution is 2.30. The van der Waals surface area contributed by atoms with Gasteiger partial charge in [0.15, 0.2) is 5.78 Å². The highest BCUT2D eigenvalue weighted by Gasteiger charge is 2.21. The summed E-state index contributed by atoms with van der Waals surface area (Å²) in [5.74, 6) is 0.582. The molecule has 0 N–H and O–H groups in total. The molecular formula is C24H23NO. The van der Waals surface area contributed by atoms with E-state index in [1.807, 2.05) is 48.7 Å². The highest BCUT2D eigenvalue weighted by molar-refractivity contribution is 6.21. The maximum Gasteiger partial charge on any atom is 0.195 e. The van der Waals surface area contributed by atoms with E-state index < -0.39 is 0 Å². The SMILES string of the molecule is CC(C)C(C)n1cc(C(=O)c2cccc3ccccc23)c2ccccc21. The number of aromatic nitrogens is 1. The number of ketones is 1. The monoisotopic (exact) mass is 341 g/mol. The van der Waals surface area contributed by atoms with Crippen molar-refractivity contribution < 1.29 is 4.79 Å². The smallest absolute Gasteiger partial charge is 0.195 e. The summed E-state index contributed by atoms with van der Waals surface area (Å²) in [6, 6.07) is 22.6. The first-order valence-corrected chi connectivity index (χ1v) is 9.20. The van der Waals surface area contributed by atoms with Crippen molar-refractivity contribution in [2.45, 2.75) is 26.8 Å². The molecule has 0 amide bonds. The van der Waals surface area contributed by atoms with E-state index in [4.69, 9.17) is 0 Å². The van der Waals surface area contributed by atoms with Crippen LogP contribution in [0, 0.1) is 5.92 Å². The van der Waals surface area contributed by atoms with Crippen LogP contribution in [0.25, 0.3) is 21.7 Å². The molecular weight excluding hydrogens is 318 g/mol. The van der Waals surface area contributed by atoms with Crippen LogP contribution >= 0.6 is 0 Å². The summed E-state index contributed by atoms with van der Waals surface area (Å²) in [6.45, 7) is 6.64. The molecule has 3 aromatic carbocycles. The maximum absolute atomic E-state index is 13.5. The first-order valence-electron chi connectivity index (χ1n) is 9.20. The van der Waals surface area contributed by atoms with Gasteiger partial charge in [0.2, 0.25) is 0 Å². The summed E-state index contributed by atoms with van der Waals surface area (Å²) in [7, 11) is 0. The van der Waals surface area contributed by atoms with Gasteiger partial charge in [-0.2, -0.15) is 0 Å². The zero-order valence-electron chi connectivity index (χ0n) is 15.4. The Hall–Kier alpha value is -2.87. The van der Waals surface area contributed by atoms with Gasteiger partial charge in [0, 0.05) is 34.3 Å². The van der Waals surface area contributed by atoms with Gasteiger partial charge in [-0.05, 0) is 29.7 Å².